The number of nitrogens with zero attached hydrogens (tertiary/aromatic N) is 2. The summed E-state index contributed by atoms with van der Waals surface area (Å²) in [5, 5.41) is 7.17. The minimum absolute atomic E-state index is 0.162. The number of hydrogen-bond donors (Lipinski definition) is 3. The molecule has 0 spiro atoms. The lowest BCUT2D eigenvalue weighted by Crippen LogP contribution is -2.14. The smallest absolute Gasteiger partial charge is 0.258 e. The summed E-state index contributed by atoms with van der Waals surface area (Å²) in [4.78, 5) is 18.8. The van der Waals surface area contributed by atoms with Gasteiger partial charge in [-0.05, 0) is 42.3 Å². The van der Waals surface area contributed by atoms with Crippen LogP contribution in [0.4, 0.5) is 4.39 Å². The van der Waals surface area contributed by atoms with E-state index in [1.165, 1.54) is 12.1 Å². The Balaban J connectivity index is 0.000000206. The van der Waals surface area contributed by atoms with Crippen molar-refractivity contribution in [3.63, 3.8) is 0 Å². The van der Waals surface area contributed by atoms with Crippen LogP contribution in [0.15, 0.2) is 59.7 Å². The Hall–Kier alpha value is -3.32. The molecule has 0 atom stereocenters. The molecule has 0 saturated heterocycles. The van der Waals surface area contributed by atoms with Crippen molar-refractivity contribution >= 4 is 10.9 Å². The lowest BCUT2D eigenvalue weighted by molar-refractivity contribution is 0.626. The first-order chi connectivity index (χ1) is 12.6. The van der Waals surface area contributed by atoms with Crippen molar-refractivity contribution in [2.24, 2.45) is 5.73 Å². The number of hydrogen-bond acceptors (Lipinski definition) is 4. The van der Waals surface area contributed by atoms with Gasteiger partial charge in [-0.25, -0.2) is 9.37 Å². The fourth-order valence-electron chi connectivity index (χ4n) is 2.48. The van der Waals surface area contributed by atoms with Crippen LogP contribution in [-0.4, -0.2) is 20.2 Å². The van der Waals surface area contributed by atoms with E-state index in [2.05, 4.69) is 20.2 Å². The predicted octanol–water partition coefficient (Wildman–Crippen LogP) is 2.91. The van der Waals surface area contributed by atoms with Crippen molar-refractivity contribution < 1.29 is 4.39 Å². The van der Waals surface area contributed by atoms with Crippen LogP contribution < -0.4 is 11.3 Å². The average molecular weight is 351 g/mol. The van der Waals surface area contributed by atoms with Gasteiger partial charge in [0, 0.05) is 11.8 Å². The summed E-state index contributed by atoms with van der Waals surface area (Å²) < 4.78 is 12.2. The van der Waals surface area contributed by atoms with Gasteiger partial charge in [0.15, 0.2) is 0 Å². The molecule has 0 amide bonds. The van der Waals surface area contributed by atoms with Crippen LogP contribution in [0.5, 0.6) is 0 Å². The van der Waals surface area contributed by atoms with E-state index in [9.17, 15) is 9.18 Å². The normalized spacial score (nSPS) is 10.4. The topological polar surface area (TPSA) is 100 Å². The van der Waals surface area contributed by atoms with Gasteiger partial charge in [0.05, 0.1) is 23.6 Å². The molecule has 0 saturated carbocycles. The summed E-state index contributed by atoms with van der Waals surface area (Å²) in [7, 11) is 0. The van der Waals surface area contributed by atoms with Crippen molar-refractivity contribution in [3.05, 3.63) is 82.4 Å². The van der Waals surface area contributed by atoms with Crippen molar-refractivity contribution in [1.82, 2.24) is 20.2 Å². The van der Waals surface area contributed by atoms with Gasteiger partial charge in [0.25, 0.3) is 5.56 Å². The molecular weight excluding hydrogens is 333 g/mol. The molecule has 132 valence electrons. The summed E-state index contributed by atoms with van der Waals surface area (Å²) in [5.41, 5.74) is 8.75. The summed E-state index contributed by atoms with van der Waals surface area (Å²) in [6.45, 7) is 2.08. The third-order valence-electron chi connectivity index (χ3n) is 3.76. The zero-order chi connectivity index (χ0) is 18.5. The van der Waals surface area contributed by atoms with Crippen LogP contribution in [0.1, 0.15) is 11.4 Å². The molecule has 4 N–H and O–H groups in total. The number of aryl methyl sites for hydroxylation is 1. The zero-order valence-electron chi connectivity index (χ0n) is 14.2. The zero-order valence-corrected chi connectivity index (χ0v) is 14.2. The van der Waals surface area contributed by atoms with Crippen LogP contribution in [0.3, 0.4) is 0 Å². The number of benzene rings is 2. The number of aromatic nitrogens is 4. The first kappa shape index (κ1) is 17.5. The van der Waals surface area contributed by atoms with Gasteiger partial charge in [-0.3, -0.25) is 9.89 Å². The lowest BCUT2D eigenvalue weighted by atomic mass is 10.1. The molecule has 2 heterocycles. The fourth-order valence-corrected chi connectivity index (χ4v) is 2.48. The molecule has 0 unspecified atom stereocenters. The second-order valence-electron chi connectivity index (χ2n) is 5.73. The molecular formula is C19H18FN5O. The Bertz CT molecular complexity index is 1060. The van der Waals surface area contributed by atoms with E-state index < -0.39 is 0 Å². The highest BCUT2D eigenvalue weighted by Crippen LogP contribution is 2.20. The van der Waals surface area contributed by atoms with E-state index >= 15 is 0 Å². The second-order valence-corrected chi connectivity index (χ2v) is 5.73. The van der Waals surface area contributed by atoms with E-state index in [1.54, 1.807) is 24.5 Å². The Morgan fingerprint density at radius 1 is 1.15 bits per heavy atom. The SMILES string of the molecule is Cc1cccc(F)c1.NCc1nc2ccc(-c3cn[nH]c3)cc2c(=O)[nH]1. The maximum Gasteiger partial charge on any atom is 0.258 e. The van der Waals surface area contributed by atoms with Crippen LogP contribution in [0.2, 0.25) is 0 Å². The quantitative estimate of drug-likeness (QED) is 0.517. The fraction of sp³-hybridized carbons (Fsp3) is 0.105. The number of halogens is 1. The predicted molar refractivity (Wildman–Crippen MR) is 99.0 cm³/mol. The standard InChI is InChI=1S/C12H11N5O.C7H7F/c13-4-11-16-10-2-1-7(8-5-14-15-6-8)3-9(10)12(18)17-11;1-6-3-2-4-7(8)5-6/h1-3,5-6H,4,13H2,(H,14,15)(H,16,17,18);2-5H,1H3. The minimum Gasteiger partial charge on any atom is -0.324 e. The maximum absolute atomic E-state index is 12.2. The van der Waals surface area contributed by atoms with Gasteiger partial charge in [-0.2, -0.15) is 5.10 Å². The molecule has 0 aliphatic heterocycles. The molecule has 6 nitrogen and oxygen atoms in total. The molecule has 0 fully saturated rings. The van der Waals surface area contributed by atoms with E-state index in [-0.39, 0.29) is 17.9 Å². The highest BCUT2D eigenvalue weighted by atomic mass is 19.1. The van der Waals surface area contributed by atoms with Gasteiger partial charge in [0.1, 0.15) is 11.6 Å². The molecule has 2 aromatic carbocycles. The first-order valence-electron chi connectivity index (χ1n) is 8.01. The van der Waals surface area contributed by atoms with E-state index in [1.807, 2.05) is 25.1 Å². The summed E-state index contributed by atoms with van der Waals surface area (Å²) >= 11 is 0. The number of fused-ring (bicyclic) bond motifs is 1. The molecule has 4 rings (SSSR count). The molecule has 0 aliphatic carbocycles. The third-order valence-corrected chi connectivity index (χ3v) is 3.76. The molecule has 0 bridgehead atoms. The van der Waals surface area contributed by atoms with Gasteiger partial charge < -0.3 is 10.7 Å². The third kappa shape index (κ3) is 4.01. The van der Waals surface area contributed by atoms with Crippen molar-refractivity contribution in [2.45, 2.75) is 13.5 Å². The van der Waals surface area contributed by atoms with Crippen molar-refractivity contribution in [1.29, 1.82) is 0 Å². The van der Waals surface area contributed by atoms with E-state index in [0.29, 0.717) is 16.7 Å². The van der Waals surface area contributed by atoms with Crippen molar-refractivity contribution in [2.75, 3.05) is 0 Å². The van der Waals surface area contributed by atoms with Gasteiger partial charge in [0.2, 0.25) is 0 Å². The molecule has 4 aromatic rings. The molecule has 2 aromatic heterocycles. The molecule has 0 radical (unpaired) electrons. The maximum atomic E-state index is 12.2. The number of rotatable bonds is 2. The highest BCUT2D eigenvalue weighted by Gasteiger charge is 2.06. The van der Waals surface area contributed by atoms with E-state index in [4.69, 9.17) is 5.73 Å². The van der Waals surface area contributed by atoms with Gasteiger partial charge >= 0.3 is 0 Å². The van der Waals surface area contributed by atoms with Gasteiger partial charge in [-0.1, -0.05) is 18.2 Å². The Kier molecular flexibility index (Phi) is 5.19. The highest BCUT2D eigenvalue weighted by molar-refractivity contribution is 5.83. The van der Waals surface area contributed by atoms with Crippen LogP contribution in [0.25, 0.3) is 22.0 Å². The number of nitrogens with one attached hydrogen (secondary N) is 2. The second kappa shape index (κ2) is 7.71. The van der Waals surface area contributed by atoms with Crippen LogP contribution in [0, 0.1) is 12.7 Å². The molecule has 26 heavy (non-hydrogen) atoms. The largest absolute Gasteiger partial charge is 0.324 e. The van der Waals surface area contributed by atoms with Crippen LogP contribution in [-0.2, 0) is 6.54 Å². The number of H-pyrrole nitrogens is 2. The monoisotopic (exact) mass is 351 g/mol. The summed E-state index contributed by atoms with van der Waals surface area (Å²) in [6, 6.07) is 12.0. The van der Waals surface area contributed by atoms with Crippen molar-refractivity contribution in [3.8, 4) is 11.1 Å². The Morgan fingerprint density at radius 3 is 2.62 bits per heavy atom. The minimum atomic E-state index is -0.175. The Labute approximate surface area is 148 Å². The number of aromatic amines is 2. The average Bonchev–Trinajstić information content (AvgIpc) is 3.16. The summed E-state index contributed by atoms with van der Waals surface area (Å²) in [6.07, 6.45) is 3.48. The van der Waals surface area contributed by atoms with Gasteiger partial charge in [-0.15, -0.1) is 0 Å². The molecule has 7 heteroatoms. The lowest BCUT2D eigenvalue weighted by Gasteiger charge is -2.02. The first-order valence-corrected chi connectivity index (χ1v) is 8.01. The molecule has 0 aliphatic rings. The van der Waals surface area contributed by atoms with E-state index in [0.717, 1.165) is 16.7 Å². The van der Waals surface area contributed by atoms with Crippen LogP contribution >= 0.6 is 0 Å². The Morgan fingerprint density at radius 2 is 2.00 bits per heavy atom. The summed E-state index contributed by atoms with van der Waals surface area (Å²) in [5.74, 6) is 0.327. The number of nitrogens with two attached hydrogens (primary N) is 1.